The number of hydrogen-bond acceptors (Lipinski definition) is 4. The Morgan fingerprint density at radius 1 is 1.05 bits per heavy atom. The van der Waals surface area contributed by atoms with Crippen molar-refractivity contribution < 1.29 is 14.3 Å². The highest BCUT2D eigenvalue weighted by Gasteiger charge is 2.48. The average molecular weight is 303 g/mol. The fourth-order valence-electron chi connectivity index (χ4n) is 2.69. The van der Waals surface area contributed by atoms with Crippen molar-refractivity contribution in [2.24, 2.45) is 5.73 Å². The molecule has 0 radical (unpaired) electrons. The van der Waals surface area contributed by atoms with E-state index in [0.29, 0.717) is 31.7 Å². The van der Waals surface area contributed by atoms with Crippen LogP contribution in [0.3, 0.4) is 0 Å². The van der Waals surface area contributed by atoms with Gasteiger partial charge in [0, 0.05) is 31.7 Å². The van der Waals surface area contributed by atoms with Gasteiger partial charge in [0.05, 0.1) is 12.6 Å². The molecule has 0 spiro atoms. The normalized spacial score (nSPS) is 19.7. The molecule has 22 heavy (non-hydrogen) atoms. The molecule has 1 aromatic carbocycles. The summed E-state index contributed by atoms with van der Waals surface area (Å²) in [7, 11) is 1.59. The van der Waals surface area contributed by atoms with Crippen molar-refractivity contribution in [3.05, 3.63) is 29.8 Å². The van der Waals surface area contributed by atoms with Gasteiger partial charge >= 0.3 is 0 Å². The van der Waals surface area contributed by atoms with E-state index in [1.54, 1.807) is 41.2 Å². The average Bonchev–Trinajstić information content (AvgIpc) is 3.32. The van der Waals surface area contributed by atoms with Gasteiger partial charge < -0.3 is 20.3 Å². The lowest BCUT2D eigenvalue weighted by Crippen LogP contribution is -2.55. The van der Waals surface area contributed by atoms with Gasteiger partial charge in [-0.3, -0.25) is 9.59 Å². The van der Waals surface area contributed by atoms with Crippen LogP contribution in [0.1, 0.15) is 23.2 Å². The van der Waals surface area contributed by atoms with Crippen LogP contribution < -0.4 is 10.5 Å². The van der Waals surface area contributed by atoms with Gasteiger partial charge in [-0.25, -0.2) is 0 Å². The van der Waals surface area contributed by atoms with Crippen LogP contribution in [0.25, 0.3) is 0 Å². The number of ether oxygens (including phenoxy) is 1. The van der Waals surface area contributed by atoms with Crippen molar-refractivity contribution in [1.29, 1.82) is 0 Å². The summed E-state index contributed by atoms with van der Waals surface area (Å²) < 4.78 is 5.09. The lowest BCUT2D eigenvalue weighted by Gasteiger charge is -2.36. The molecular formula is C16H21N3O3. The standard InChI is InChI=1S/C16H21N3O3/c1-22-13-4-2-12(3-5-13)14(20)18-8-10-19(11-9-18)15(21)16(17)6-7-16/h2-5H,6-11,17H2,1H3. The van der Waals surface area contributed by atoms with Gasteiger partial charge in [-0.2, -0.15) is 0 Å². The van der Waals surface area contributed by atoms with E-state index in [2.05, 4.69) is 0 Å². The second-order valence-corrected chi connectivity index (χ2v) is 5.97. The van der Waals surface area contributed by atoms with Crippen LogP contribution in [0.15, 0.2) is 24.3 Å². The monoisotopic (exact) mass is 303 g/mol. The Hall–Kier alpha value is -2.08. The van der Waals surface area contributed by atoms with Crippen LogP contribution in [-0.4, -0.2) is 60.4 Å². The fourth-order valence-corrected chi connectivity index (χ4v) is 2.69. The van der Waals surface area contributed by atoms with Crippen molar-refractivity contribution in [2.45, 2.75) is 18.4 Å². The Bertz CT molecular complexity index is 573. The van der Waals surface area contributed by atoms with Crippen LogP contribution in [0.4, 0.5) is 0 Å². The maximum Gasteiger partial charge on any atom is 0.253 e. The number of carbonyl (C=O) groups is 2. The molecule has 2 aliphatic rings. The van der Waals surface area contributed by atoms with E-state index < -0.39 is 5.54 Å². The van der Waals surface area contributed by atoms with E-state index in [0.717, 1.165) is 18.6 Å². The van der Waals surface area contributed by atoms with E-state index in [-0.39, 0.29) is 11.8 Å². The third-order valence-corrected chi connectivity index (χ3v) is 4.41. The summed E-state index contributed by atoms with van der Waals surface area (Å²) in [6.45, 7) is 2.21. The molecule has 2 amide bonds. The molecule has 118 valence electrons. The molecule has 1 saturated heterocycles. The Balaban J connectivity index is 1.58. The smallest absolute Gasteiger partial charge is 0.253 e. The van der Waals surface area contributed by atoms with Crippen LogP contribution in [0.2, 0.25) is 0 Å². The number of benzene rings is 1. The Kier molecular flexibility index (Phi) is 3.78. The van der Waals surface area contributed by atoms with Crippen LogP contribution in [0, 0.1) is 0 Å². The SMILES string of the molecule is COc1ccc(C(=O)N2CCN(C(=O)C3(N)CC3)CC2)cc1. The third-order valence-electron chi connectivity index (χ3n) is 4.41. The first kappa shape index (κ1) is 14.8. The molecule has 0 unspecified atom stereocenters. The maximum atomic E-state index is 12.4. The number of rotatable bonds is 3. The summed E-state index contributed by atoms with van der Waals surface area (Å²) in [5.41, 5.74) is 5.96. The largest absolute Gasteiger partial charge is 0.497 e. The number of nitrogens with zero attached hydrogens (tertiary/aromatic N) is 2. The molecule has 0 bridgehead atoms. The van der Waals surface area contributed by atoms with E-state index in [1.807, 2.05) is 0 Å². The van der Waals surface area contributed by atoms with Gasteiger partial charge in [0.15, 0.2) is 0 Å². The predicted molar refractivity (Wildman–Crippen MR) is 81.6 cm³/mol. The number of hydrogen-bond donors (Lipinski definition) is 1. The first-order chi connectivity index (χ1) is 10.5. The molecule has 3 rings (SSSR count). The molecule has 6 nitrogen and oxygen atoms in total. The van der Waals surface area contributed by atoms with Crippen molar-refractivity contribution in [3.63, 3.8) is 0 Å². The summed E-state index contributed by atoms with van der Waals surface area (Å²) >= 11 is 0. The maximum absolute atomic E-state index is 12.4. The second-order valence-electron chi connectivity index (χ2n) is 5.97. The topological polar surface area (TPSA) is 75.9 Å². The highest BCUT2D eigenvalue weighted by Crippen LogP contribution is 2.34. The van der Waals surface area contributed by atoms with Gasteiger partial charge in [0.1, 0.15) is 5.75 Å². The first-order valence-electron chi connectivity index (χ1n) is 7.55. The minimum Gasteiger partial charge on any atom is -0.497 e. The van der Waals surface area contributed by atoms with Crippen molar-refractivity contribution in [2.75, 3.05) is 33.3 Å². The van der Waals surface area contributed by atoms with Crippen molar-refractivity contribution >= 4 is 11.8 Å². The summed E-state index contributed by atoms with van der Waals surface area (Å²) in [4.78, 5) is 28.2. The molecule has 6 heteroatoms. The minimum absolute atomic E-state index is 0.0105. The van der Waals surface area contributed by atoms with Gasteiger partial charge in [-0.15, -0.1) is 0 Å². The molecule has 2 N–H and O–H groups in total. The molecule has 1 aromatic rings. The van der Waals surface area contributed by atoms with Gasteiger partial charge in [0.25, 0.3) is 5.91 Å². The number of methoxy groups -OCH3 is 1. The summed E-state index contributed by atoms with van der Waals surface area (Å²) in [5.74, 6) is 0.748. The highest BCUT2D eigenvalue weighted by atomic mass is 16.5. The zero-order valence-electron chi connectivity index (χ0n) is 12.7. The van der Waals surface area contributed by atoms with E-state index in [4.69, 9.17) is 10.5 Å². The zero-order valence-corrected chi connectivity index (χ0v) is 12.7. The quantitative estimate of drug-likeness (QED) is 0.881. The van der Waals surface area contributed by atoms with E-state index in [9.17, 15) is 9.59 Å². The summed E-state index contributed by atoms with van der Waals surface area (Å²) in [5, 5.41) is 0. The lowest BCUT2D eigenvalue weighted by molar-refractivity contribution is -0.135. The molecule has 1 heterocycles. The summed E-state index contributed by atoms with van der Waals surface area (Å²) in [6.07, 6.45) is 1.55. The number of nitrogens with two attached hydrogens (primary N) is 1. The molecule has 0 aromatic heterocycles. The fraction of sp³-hybridized carbons (Fsp3) is 0.500. The van der Waals surface area contributed by atoms with E-state index >= 15 is 0 Å². The van der Waals surface area contributed by atoms with Gasteiger partial charge in [0.2, 0.25) is 5.91 Å². The van der Waals surface area contributed by atoms with Gasteiger partial charge in [-0.1, -0.05) is 0 Å². The molecule has 0 atom stereocenters. The highest BCUT2D eigenvalue weighted by molar-refractivity contribution is 5.94. The van der Waals surface area contributed by atoms with Crippen LogP contribution in [-0.2, 0) is 4.79 Å². The van der Waals surface area contributed by atoms with Crippen molar-refractivity contribution in [1.82, 2.24) is 9.80 Å². The number of piperazine rings is 1. The number of carbonyl (C=O) groups excluding carboxylic acids is 2. The molecule has 1 aliphatic heterocycles. The van der Waals surface area contributed by atoms with Gasteiger partial charge in [-0.05, 0) is 37.1 Å². The van der Waals surface area contributed by atoms with Crippen LogP contribution in [0.5, 0.6) is 5.75 Å². The first-order valence-corrected chi connectivity index (χ1v) is 7.55. The third kappa shape index (κ3) is 2.78. The minimum atomic E-state index is -0.623. The molecular weight excluding hydrogens is 282 g/mol. The Labute approximate surface area is 129 Å². The molecule has 1 aliphatic carbocycles. The van der Waals surface area contributed by atoms with Crippen molar-refractivity contribution in [3.8, 4) is 5.75 Å². The molecule has 1 saturated carbocycles. The second kappa shape index (κ2) is 5.61. The Morgan fingerprint density at radius 2 is 1.59 bits per heavy atom. The van der Waals surface area contributed by atoms with E-state index in [1.165, 1.54) is 0 Å². The number of amides is 2. The lowest BCUT2D eigenvalue weighted by atomic mass is 10.1. The zero-order chi connectivity index (χ0) is 15.7. The summed E-state index contributed by atoms with van der Waals surface area (Å²) in [6, 6.07) is 7.08. The predicted octanol–water partition coefficient (Wildman–Crippen LogP) is 0.471. The van der Waals surface area contributed by atoms with Crippen LogP contribution >= 0.6 is 0 Å². The molecule has 2 fully saturated rings. The Morgan fingerprint density at radius 3 is 2.09 bits per heavy atom.